The monoisotopic (exact) mass is 373 g/mol. The molecule has 0 radical (unpaired) electrons. The molecule has 1 aliphatic rings. The highest BCUT2D eigenvalue weighted by Gasteiger charge is 2.16. The van der Waals surface area contributed by atoms with Crippen LogP contribution in [0.25, 0.3) is 0 Å². The number of hydrogen-bond acceptors (Lipinski definition) is 5. The first-order valence-electron chi connectivity index (χ1n) is 10.2. The molecule has 0 aromatic carbocycles. The Morgan fingerprint density at radius 2 is 2.00 bits per heavy atom. The fraction of sp³-hybridized carbons (Fsp3) is 0.684. The fourth-order valence-corrected chi connectivity index (χ4v) is 3.46. The van der Waals surface area contributed by atoms with Crippen LogP contribution in [0.2, 0.25) is 0 Å². The third-order valence-corrected chi connectivity index (χ3v) is 4.95. The maximum atomic E-state index is 5.44. The summed E-state index contributed by atoms with van der Waals surface area (Å²) in [6.07, 6.45) is 6.36. The van der Waals surface area contributed by atoms with Gasteiger partial charge in [0.2, 0.25) is 0 Å². The number of nitrogens with one attached hydrogen (secondary N) is 2. The van der Waals surface area contributed by atoms with Gasteiger partial charge < -0.3 is 19.7 Å². The lowest BCUT2D eigenvalue weighted by molar-refractivity contribution is 0.380. The van der Waals surface area contributed by atoms with Crippen LogP contribution < -0.4 is 10.6 Å². The standard InChI is InChI=1S/C19H31N7O/c1-4-15-14(16(5-2)27-25-15)12-21-19(20-6-3)22-13-18-24-23-17-10-8-7-9-11-26(17)18/h4-13H2,1-3H3,(H2,20,21,22). The Kier molecular flexibility index (Phi) is 6.84. The average Bonchev–Trinajstić information content (AvgIpc) is 3.19. The summed E-state index contributed by atoms with van der Waals surface area (Å²) in [5, 5.41) is 19.6. The number of rotatable bonds is 7. The molecule has 2 N–H and O–H groups in total. The predicted octanol–water partition coefficient (Wildman–Crippen LogP) is 2.37. The second-order valence-corrected chi connectivity index (χ2v) is 6.78. The third kappa shape index (κ3) is 4.67. The molecule has 0 atom stereocenters. The smallest absolute Gasteiger partial charge is 0.191 e. The minimum Gasteiger partial charge on any atom is -0.361 e. The molecule has 0 unspecified atom stereocenters. The summed E-state index contributed by atoms with van der Waals surface area (Å²) >= 11 is 0. The van der Waals surface area contributed by atoms with Crippen molar-refractivity contribution in [2.24, 2.45) is 4.99 Å². The lowest BCUT2D eigenvalue weighted by atomic mass is 10.1. The molecule has 0 spiro atoms. The van der Waals surface area contributed by atoms with E-state index in [0.29, 0.717) is 13.1 Å². The van der Waals surface area contributed by atoms with Crippen molar-refractivity contribution in [1.82, 2.24) is 30.6 Å². The predicted molar refractivity (Wildman–Crippen MR) is 104 cm³/mol. The highest BCUT2D eigenvalue weighted by Crippen LogP contribution is 2.17. The Bertz CT molecular complexity index is 741. The van der Waals surface area contributed by atoms with Crippen molar-refractivity contribution in [3.8, 4) is 0 Å². The molecule has 2 aromatic heterocycles. The van der Waals surface area contributed by atoms with Crippen LogP contribution in [0, 0.1) is 0 Å². The third-order valence-electron chi connectivity index (χ3n) is 4.95. The first-order valence-corrected chi connectivity index (χ1v) is 10.2. The number of aromatic nitrogens is 4. The van der Waals surface area contributed by atoms with Crippen molar-refractivity contribution in [2.75, 3.05) is 6.54 Å². The summed E-state index contributed by atoms with van der Waals surface area (Å²) in [4.78, 5) is 4.74. The van der Waals surface area contributed by atoms with Crippen molar-refractivity contribution >= 4 is 5.96 Å². The van der Waals surface area contributed by atoms with Gasteiger partial charge in [-0.15, -0.1) is 10.2 Å². The summed E-state index contributed by atoms with van der Waals surface area (Å²) in [7, 11) is 0. The summed E-state index contributed by atoms with van der Waals surface area (Å²) in [6, 6.07) is 0. The number of hydrogen-bond donors (Lipinski definition) is 2. The zero-order chi connectivity index (χ0) is 19.1. The minimum atomic E-state index is 0.559. The van der Waals surface area contributed by atoms with Gasteiger partial charge in [-0.1, -0.05) is 25.4 Å². The maximum Gasteiger partial charge on any atom is 0.191 e. The first kappa shape index (κ1) is 19.4. The molecular formula is C19H31N7O. The van der Waals surface area contributed by atoms with Gasteiger partial charge in [-0.3, -0.25) is 0 Å². The van der Waals surface area contributed by atoms with Crippen molar-refractivity contribution in [2.45, 2.75) is 78.9 Å². The van der Waals surface area contributed by atoms with E-state index in [4.69, 9.17) is 9.52 Å². The number of aryl methyl sites for hydroxylation is 3. The number of fused-ring (bicyclic) bond motifs is 1. The summed E-state index contributed by atoms with van der Waals surface area (Å²) in [6.45, 7) is 9.21. The summed E-state index contributed by atoms with van der Waals surface area (Å²) in [5.41, 5.74) is 2.10. The first-order chi connectivity index (χ1) is 13.3. The number of nitrogens with zero attached hydrogens (tertiary/aromatic N) is 5. The van der Waals surface area contributed by atoms with Crippen LogP contribution in [0.5, 0.6) is 0 Å². The Morgan fingerprint density at radius 3 is 2.78 bits per heavy atom. The van der Waals surface area contributed by atoms with Crippen LogP contribution in [0.15, 0.2) is 9.52 Å². The Morgan fingerprint density at radius 1 is 1.11 bits per heavy atom. The molecule has 27 heavy (non-hydrogen) atoms. The van der Waals surface area contributed by atoms with Gasteiger partial charge in [0.1, 0.15) is 11.6 Å². The van der Waals surface area contributed by atoms with Gasteiger partial charge in [0.15, 0.2) is 11.8 Å². The van der Waals surface area contributed by atoms with Gasteiger partial charge in [0.05, 0.1) is 18.8 Å². The van der Waals surface area contributed by atoms with E-state index in [2.05, 4.69) is 51.3 Å². The van der Waals surface area contributed by atoms with E-state index in [-0.39, 0.29) is 0 Å². The van der Waals surface area contributed by atoms with Gasteiger partial charge in [0, 0.05) is 31.5 Å². The zero-order valence-electron chi connectivity index (χ0n) is 16.7. The highest BCUT2D eigenvalue weighted by molar-refractivity contribution is 5.79. The molecule has 0 bridgehead atoms. The minimum absolute atomic E-state index is 0.559. The van der Waals surface area contributed by atoms with Gasteiger partial charge in [0.25, 0.3) is 0 Å². The molecule has 3 heterocycles. The molecule has 148 valence electrons. The topological polar surface area (TPSA) is 93.2 Å². The van der Waals surface area contributed by atoms with Crippen LogP contribution in [0.1, 0.15) is 68.7 Å². The molecular weight excluding hydrogens is 342 g/mol. The maximum absolute atomic E-state index is 5.44. The number of aliphatic imine (C=N–C) groups is 1. The second-order valence-electron chi connectivity index (χ2n) is 6.78. The van der Waals surface area contributed by atoms with Crippen molar-refractivity contribution in [3.05, 3.63) is 28.7 Å². The lowest BCUT2D eigenvalue weighted by Gasteiger charge is -2.12. The molecule has 0 saturated carbocycles. The second kappa shape index (κ2) is 9.53. The molecule has 1 aliphatic heterocycles. The summed E-state index contributed by atoms with van der Waals surface area (Å²) in [5.74, 6) is 3.78. The SMILES string of the molecule is CCNC(=NCc1c(CC)noc1CC)NCc1nnc2n1CCCCC2. The Balaban J connectivity index is 1.68. The van der Waals surface area contributed by atoms with Gasteiger partial charge in [-0.05, 0) is 26.2 Å². The molecule has 2 aromatic rings. The van der Waals surface area contributed by atoms with E-state index in [1.807, 2.05) is 0 Å². The summed E-state index contributed by atoms with van der Waals surface area (Å²) < 4.78 is 7.70. The van der Waals surface area contributed by atoms with E-state index in [1.165, 1.54) is 19.3 Å². The Hall–Kier alpha value is -2.38. The van der Waals surface area contributed by atoms with E-state index in [1.54, 1.807) is 0 Å². The molecule has 8 heteroatoms. The fourth-order valence-electron chi connectivity index (χ4n) is 3.46. The van der Waals surface area contributed by atoms with E-state index < -0.39 is 0 Å². The van der Waals surface area contributed by atoms with Crippen molar-refractivity contribution in [1.29, 1.82) is 0 Å². The number of guanidine groups is 1. The Labute approximate surface area is 160 Å². The molecule has 3 rings (SSSR count). The van der Waals surface area contributed by atoms with Gasteiger partial charge in [-0.2, -0.15) is 0 Å². The van der Waals surface area contributed by atoms with Crippen LogP contribution >= 0.6 is 0 Å². The molecule has 0 fully saturated rings. The molecule has 0 amide bonds. The largest absolute Gasteiger partial charge is 0.361 e. The van der Waals surface area contributed by atoms with Crippen molar-refractivity contribution < 1.29 is 4.52 Å². The van der Waals surface area contributed by atoms with E-state index in [9.17, 15) is 0 Å². The van der Waals surface area contributed by atoms with Gasteiger partial charge in [-0.25, -0.2) is 4.99 Å². The van der Waals surface area contributed by atoms with E-state index in [0.717, 1.165) is 67.0 Å². The van der Waals surface area contributed by atoms with Gasteiger partial charge >= 0.3 is 0 Å². The van der Waals surface area contributed by atoms with E-state index >= 15 is 0 Å². The van der Waals surface area contributed by atoms with Crippen LogP contribution in [-0.4, -0.2) is 32.4 Å². The average molecular weight is 374 g/mol. The zero-order valence-corrected chi connectivity index (χ0v) is 16.7. The normalized spacial score (nSPS) is 14.7. The molecule has 0 saturated heterocycles. The molecule has 8 nitrogen and oxygen atoms in total. The highest BCUT2D eigenvalue weighted by atomic mass is 16.5. The van der Waals surface area contributed by atoms with Crippen LogP contribution in [0.4, 0.5) is 0 Å². The lowest BCUT2D eigenvalue weighted by Crippen LogP contribution is -2.37. The van der Waals surface area contributed by atoms with Crippen molar-refractivity contribution in [3.63, 3.8) is 0 Å². The quantitative estimate of drug-likeness (QED) is 0.572. The van der Waals surface area contributed by atoms with Crippen LogP contribution in [0.3, 0.4) is 0 Å². The van der Waals surface area contributed by atoms with Crippen LogP contribution in [-0.2, 0) is 38.9 Å². The molecule has 0 aliphatic carbocycles.